The van der Waals surface area contributed by atoms with Crippen molar-refractivity contribution in [3.63, 3.8) is 0 Å². The Morgan fingerprint density at radius 3 is 2.96 bits per heavy atom. The van der Waals surface area contributed by atoms with E-state index in [0.29, 0.717) is 11.8 Å². The van der Waals surface area contributed by atoms with Crippen LogP contribution < -0.4 is 4.74 Å². The molecule has 5 atom stereocenters. The van der Waals surface area contributed by atoms with Gasteiger partial charge in [-0.15, -0.1) is 6.58 Å². The highest BCUT2D eigenvalue weighted by molar-refractivity contribution is 5.83. The number of quaternary nitrogens is 1. The molecule has 0 radical (unpaired) electrons. The molecule has 2 aromatic rings. The molecule has 2 bridgehead atoms. The van der Waals surface area contributed by atoms with Crippen LogP contribution in [0.4, 0.5) is 0 Å². The molecule has 3 saturated heterocycles. The number of aliphatic hydroxyl groups is 1. The number of hydrogen-bond donors (Lipinski definition) is 1. The molecule has 1 aromatic carbocycles. The Hall–Kier alpha value is -1.91. The maximum atomic E-state index is 11.3. The van der Waals surface area contributed by atoms with E-state index in [1.54, 1.807) is 13.3 Å². The van der Waals surface area contributed by atoms with Crippen LogP contribution in [-0.2, 0) is 0 Å². The van der Waals surface area contributed by atoms with Gasteiger partial charge in [-0.3, -0.25) is 4.98 Å². The second-order valence-electron chi connectivity index (χ2n) is 7.87. The molecule has 4 nitrogen and oxygen atoms in total. The largest absolute Gasteiger partial charge is 0.497 e. The topological polar surface area (TPSA) is 42.4 Å². The van der Waals surface area contributed by atoms with Gasteiger partial charge >= 0.3 is 0 Å². The first-order valence-corrected chi connectivity index (χ1v) is 9.13. The smallest absolute Gasteiger partial charge is 0.131 e. The first-order chi connectivity index (χ1) is 12.1. The second kappa shape index (κ2) is 6.11. The van der Waals surface area contributed by atoms with Crippen molar-refractivity contribution in [3.8, 4) is 5.75 Å². The van der Waals surface area contributed by atoms with Crippen LogP contribution in [-0.4, -0.2) is 47.9 Å². The van der Waals surface area contributed by atoms with Gasteiger partial charge in [0, 0.05) is 30.3 Å². The average molecular weight is 339 g/mol. The normalized spacial score (nSPS) is 32.5. The highest BCUT2D eigenvalue weighted by Gasteiger charge is 2.51. The average Bonchev–Trinajstić information content (AvgIpc) is 2.66. The highest BCUT2D eigenvalue weighted by atomic mass is 16.5. The number of pyridine rings is 1. The number of nitrogens with zero attached hydrogens (tertiary/aromatic N) is 2. The first kappa shape index (κ1) is 16.6. The van der Waals surface area contributed by atoms with Crippen LogP contribution in [0.15, 0.2) is 43.1 Å². The number of rotatable bonds is 4. The summed E-state index contributed by atoms with van der Waals surface area (Å²) >= 11 is 0. The molecule has 0 amide bonds. The Morgan fingerprint density at radius 2 is 2.24 bits per heavy atom. The van der Waals surface area contributed by atoms with Crippen molar-refractivity contribution in [3.05, 3.63) is 48.7 Å². The number of aromatic nitrogens is 1. The van der Waals surface area contributed by atoms with Crippen LogP contribution in [0.3, 0.4) is 0 Å². The van der Waals surface area contributed by atoms with E-state index in [1.165, 1.54) is 6.42 Å². The first-order valence-electron chi connectivity index (χ1n) is 9.13. The molecule has 132 valence electrons. The van der Waals surface area contributed by atoms with E-state index >= 15 is 0 Å². The van der Waals surface area contributed by atoms with E-state index in [4.69, 9.17) is 4.74 Å². The van der Waals surface area contributed by atoms with Crippen LogP contribution in [0.25, 0.3) is 10.9 Å². The molecule has 0 spiro atoms. The fourth-order valence-electron chi connectivity index (χ4n) is 5.03. The number of aliphatic hydroxyl groups excluding tert-OH is 1. The third-order valence-corrected chi connectivity index (χ3v) is 6.56. The molecule has 3 fully saturated rings. The van der Waals surface area contributed by atoms with E-state index in [2.05, 4.69) is 24.7 Å². The van der Waals surface area contributed by atoms with Gasteiger partial charge in [-0.25, -0.2) is 0 Å². The summed E-state index contributed by atoms with van der Waals surface area (Å²) in [7, 11) is 3.96. The van der Waals surface area contributed by atoms with Crippen molar-refractivity contribution in [2.24, 2.45) is 11.8 Å². The van der Waals surface area contributed by atoms with E-state index in [-0.39, 0.29) is 6.04 Å². The van der Waals surface area contributed by atoms with Crippen LogP contribution in [0, 0.1) is 11.8 Å². The Kier molecular flexibility index (Phi) is 4.05. The summed E-state index contributed by atoms with van der Waals surface area (Å²) in [6.45, 7) is 6.26. The summed E-state index contributed by atoms with van der Waals surface area (Å²) in [5, 5.41) is 12.3. The predicted molar refractivity (Wildman–Crippen MR) is 99.4 cm³/mol. The maximum Gasteiger partial charge on any atom is 0.131 e. The Balaban J connectivity index is 1.73. The van der Waals surface area contributed by atoms with Crippen LogP contribution >= 0.6 is 0 Å². The SMILES string of the molecule is C=C[C@@H]1C[N+]2(C)CC[C@@H]1C[C@@H]2[C@@H](O)c1ccnc2ccc(OC)cc12. The molecule has 1 N–H and O–H groups in total. The molecular weight excluding hydrogens is 312 g/mol. The van der Waals surface area contributed by atoms with Crippen molar-refractivity contribution in [2.45, 2.75) is 25.0 Å². The maximum absolute atomic E-state index is 11.3. The molecule has 3 aliphatic heterocycles. The summed E-state index contributed by atoms with van der Waals surface area (Å²) in [4.78, 5) is 4.45. The van der Waals surface area contributed by atoms with Crippen LogP contribution in [0.2, 0.25) is 0 Å². The minimum absolute atomic E-state index is 0.228. The lowest BCUT2D eigenvalue weighted by molar-refractivity contribution is -0.956. The van der Waals surface area contributed by atoms with Gasteiger partial charge in [0.25, 0.3) is 0 Å². The molecule has 5 rings (SSSR count). The van der Waals surface area contributed by atoms with E-state index in [9.17, 15) is 5.11 Å². The van der Waals surface area contributed by atoms with Crippen molar-refractivity contribution < 1.29 is 14.3 Å². The second-order valence-corrected chi connectivity index (χ2v) is 7.87. The minimum atomic E-state index is -0.490. The summed E-state index contributed by atoms with van der Waals surface area (Å²) in [6, 6.07) is 8.06. The number of benzene rings is 1. The van der Waals surface area contributed by atoms with E-state index < -0.39 is 6.10 Å². The lowest BCUT2D eigenvalue weighted by atomic mass is 9.72. The number of ether oxygens (including phenoxy) is 1. The predicted octanol–water partition coefficient (Wildman–Crippen LogP) is 3.32. The van der Waals surface area contributed by atoms with Crippen molar-refractivity contribution in [1.82, 2.24) is 4.98 Å². The fourth-order valence-corrected chi connectivity index (χ4v) is 5.03. The van der Waals surface area contributed by atoms with Crippen LogP contribution in [0.1, 0.15) is 24.5 Å². The van der Waals surface area contributed by atoms with Gasteiger partial charge in [-0.2, -0.15) is 0 Å². The van der Waals surface area contributed by atoms with E-state index in [0.717, 1.165) is 46.2 Å². The molecule has 0 aliphatic carbocycles. The van der Waals surface area contributed by atoms with Gasteiger partial charge in [0.1, 0.15) is 17.9 Å². The highest BCUT2D eigenvalue weighted by Crippen LogP contribution is 2.45. The Bertz CT molecular complexity index is 806. The summed E-state index contributed by atoms with van der Waals surface area (Å²) < 4.78 is 6.31. The summed E-state index contributed by atoms with van der Waals surface area (Å²) in [6.07, 6.45) is 5.73. The minimum Gasteiger partial charge on any atom is -0.497 e. The summed E-state index contributed by atoms with van der Waals surface area (Å²) in [5.41, 5.74) is 1.87. The third kappa shape index (κ3) is 2.64. The van der Waals surface area contributed by atoms with Gasteiger partial charge in [-0.05, 0) is 35.7 Å². The molecule has 0 saturated carbocycles. The van der Waals surface area contributed by atoms with Gasteiger partial charge in [0.15, 0.2) is 0 Å². The molecule has 3 aliphatic rings. The zero-order valence-corrected chi connectivity index (χ0v) is 15.1. The third-order valence-electron chi connectivity index (χ3n) is 6.56. The Labute approximate surface area is 149 Å². The molecule has 4 heteroatoms. The van der Waals surface area contributed by atoms with Crippen molar-refractivity contribution in [2.75, 3.05) is 27.2 Å². The Morgan fingerprint density at radius 1 is 1.40 bits per heavy atom. The number of hydrogen-bond acceptors (Lipinski definition) is 3. The van der Waals surface area contributed by atoms with Crippen molar-refractivity contribution >= 4 is 10.9 Å². The lowest BCUT2D eigenvalue weighted by Gasteiger charge is -2.56. The zero-order valence-electron chi connectivity index (χ0n) is 15.1. The molecule has 1 unspecified atom stereocenters. The van der Waals surface area contributed by atoms with Crippen LogP contribution in [0.5, 0.6) is 5.75 Å². The van der Waals surface area contributed by atoms with Gasteiger partial charge < -0.3 is 14.3 Å². The number of likely N-dealkylation sites (N-methyl/N-ethyl adjacent to an activating group) is 1. The number of piperidine rings is 3. The van der Waals surface area contributed by atoms with Gasteiger partial charge in [0.2, 0.25) is 0 Å². The molecule has 4 heterocycles. The quantitative estimate of drug-likeness (QED) is 0.686. The lowest BCUT2D eigenvalue weighted by Crippen LogP contribution is -2.66. The molecule has 1 aromatic heterocycles. The molecular formula is C21H27N2O2+. The zero-order chi connectivity index (χ0) is 17.6. The fraction of sp³-hybridized carbons (Fsp3) is 0.476. The summed E-state index contributed by atoms with van der Waals surface area (Å²) in [5.74, 6) is 2.03. The standard InChI is InChI=1S/C21H27N2O2/c1-4-14-13-23(2)10-8-15(14)11-20(23)21(24)17-7-9-22-19-6-5-16(25-3)12-18(17)19/h4-7,9,12,14-15,20-21,24H,1,8,10-11,13H2,2-3H3/q+1/t14-,15-,20-,21+,23?/m1/s1. The molecule has 25 heavy (non-hydrogen) atoms. The van der Waals surface area contributed by atoms with Crippen molar-refractivity contribution in [1.29, 1.82) is 0 Å². The van der Waals surface area contributed by atoms with Gasteiger partial charge in [0.05, 0.1) is 32.8 Å². The number of fused-ring (bicyclic) bond motifs is 4. The van der Waals surface area contributed by atoms with Gasteiger partial charge in [-0.1, -0.05) is 6.08 Å². The monoisotopic (exact) mass is 339 g/mol. The van der Waals surface area contributed by atoms with E-state index in [1.807, 2.05) is 24.3 Å². The number of methoxy groups -OCH3 is 1.